The van der Waals surface area contributed by atoms with Crippen molar-refractivity contribution in [1.29, 1.82) is 0 Å². The zero-order valence-corrected chi connectivity index (χ0v) is 14.7. The van der Waals surface area contributed by atoms with Crippen LogP contribution in [-0.2, 0) is 12.6 Å². The second kappa shape index (κ2) is 8.41. The molecule has 9 heteroatoms. The Balaban J connectivity index is 1.39. The largest absolute Gasteiger partial charge is 0.470 e. The van der Waals surface area contributed by atoms with Crippen LogP contribution in [0.5, 0.6) is 0 Å². The van der Waals surface area contributed by atoms with Gasteiger partial charge in [-0.2, -0.15) is 13.2 Å². The van der Waals surface area contributed by atoms with Crippen LogP contribution in [-0.4, -0.2) is 40.8 Å². The number of carbonyl (C=O) groups excluding carboxylic acids is 1. The highest BCUT2D eigenvalue weighted by Crippen LogP contribution is 2.32. The lowest BCUT2D eigenvalue weighted by molar-refractivity contribution is -0.157. The normalized spacial score (nSPS) is 15.7. The molecule has 0 saturated carbocycles. The molecule has 1 N–H and O–H groups in total. The monoisotopic (exact) mass is 382 g/mol. The van der Waals surface area contributed by atoms with Gasteiger partial charge in [-0.25, -0.2) is 4.79 Å². The molecule has 3 rings (SSSR count). The summed E-state index contributed by atoms with van der Waals surface area (Å²) in [4.78, 5) is 13.9. The van der Waals surface area contributed by atoms with Crippen LogP contribution in [0.1, 0.15) is 42.5 Å². The molecule has 0 spiro atoms. The lowest BCUT2D eigenvalue weighted by Crippen LogP contribution is -2.44. The second-order valence-corrected chi connectivity index (χ2v) is 6.53. The molecule has 6 nitrogen and oxygen atoms in total. The molecule has 0 radical (unpaired) electrons. The van der Waals surface area contributed by atoms with E-state index in [4.69, 9.17) is 4.42 Å². The Morgan fingerprint density at radius 3 is 2.52 bits per heavy atom. The van der Waals surface area contributed by atoms with Crippen molar-refractivity contribution < 1.29 is 22.4 Å². The van der Waals surface area contributed by atoms with Crippen molar-refractivity contribution >= 4 is 6.03 Å². The summed E-state index contributed by atoms with van der Waals surface area (Å²) in [7, 11) is 0. The summed E-state index contributed by atoms with van der Waals surface area (Å²) in [6.07, 6.45) is -1.91. The molecule has 1 aromatic carbocycles. The molecule has 2 amide bonds. The van der Waals surface area contributed by atoms with Crippen molar-refractivity contribution in [2.75, 3.05) is 19.6 Å². The highest BCUT2D eigenvalue weighted by Gasteiger charge is 2.39. The smallest absolute Gasteiger partial charge is 0.417 e. The van der Waals surface area contributed by atoms with E-state index >= 15 is 0 Å². The highest BCUT2D eigenvalue weighted by atomic mass is 19.4. The molecule has 1 fully saturated rings. The fraction of sp³-hybridized carbons (Fsp3) is 0.500. The maximum absolute atomic E-state index is 12.5. The number of hydrogen-bond acceptors (Lipinski definition) is 4. The zero-order chi connectivity index (χ0) is 19.3. The topological polar surface area (TPSA) is 71.3 Å². The Labute approximate surface area is 154 Å². The standard InChI is InChI=1S/C18H21F3N4O2/c19-18(20,21)16-24-23-15(27-16)14-8-11-25(12-9-14)17(26)22-10-4-7-13-5-2-1-3-6-13/h1-3,5-6,14H,4,7-12H2,(H,22,26). The number of nitrogens with zero attached hydrogens (tertiary/aromatic N) is 3. The zero-order valence-electron chi connectivity index (χ0n) is 14.7. The molecule has 0 unspecified atom stereocenters. The third kappa shape index (κ3) is 5.21. The van der Waals surface area contributed by atoms with Crippen LogP contribution in [0, 0.1) is 0 Å². The van der Waals surface area contributed by atoms with E-state index < -0.39 is 12.1 Å². The van der Waals surface area contributed by atoms with Gasteiger partial charge in [-0.1, -0.05) is 30.3 Å². The summed E-state index contributed by atoms with van der Waals surface area (Å²) in [5.41, 5.74) is 1.23. The number of likely N-dealkylation sites (tertiary alicyclic amines) is 1. The number of carbonyl (C=O) groups is 1. The quantitative estimate of drug-likeness (QED) is 0.802. The van der Waals surface area contributed by atoms with E-state index in [1.165, 1.54) is 5.56 Å². The predicted molar refractivity (Wildman–Crippen MR) is 91.0 cm³/mol. The highest BCUT2D eigenvalue weighted by molar-refractivity contribution is 5.74. The SMILES string of the molecule is O=C(NCCCc1ccccc1)N1CCC(c2nnc(C(F)(F)F)o2)CC1. The van der Waals surface area contributed by atoms with Crippen LogP contribution < -0.4 is 5.32 Å². The average Bonchev–Trinajstić information content (AvgIpc) is 3.17. The molecule has 146 valence electrons. The van der Waals surface area contributed by atoms with Gasteiger partial charge in [0.25, 0.3) is 0 Å². The fourth-order valence-corrected chi connectivity index (χ4v) is 3.09. The average molecular weight is 382 g/mol. The molecule has 1 aliphatic rings. The van der Waals surface area contributed by atoms with Gasteiger partial charge in [0.15, 0.2) is 0 Å². The maximum Gasteiger partial charge on any atom is 0.470 e. The minimum atomic E-state index is -4.63. The first-order valence-electron chi connectivity index (χ1n) is 8.91. The van der Waals surface area contributed by atoms with Crippen LogP contribution in [0.3, 0.4) is 0 Å². The lowest BCUT2D eigenvalue weighted by Gasteiger charge is -2.30. The Hall–Kier alpha value is -2.58. The number of piperidine rings is 1. The number of amides is 2. The number of aromatic nitrogens is 2. The third-order valence-electron chi connectivity index (χ3n) is 4.58. The summed E-state index contributed by atoms with van der Waals surface area (Å²) in [6.45, 7) is 1.46. The molecule has 1 saturated heterocycles. The number of halogens is 3. The summed E-state index contributed by atoms with van der Waals surface area (Å²) in [5.74, 6) is -1.59. The van der Waals surface area contributed by atoms with Gasteiger partial charge in [0.1, 0.15) is 0 Å². The van der Waals surface area contributed by atoms with Crippen molar-refractivity contribution in [1.82, 2.24) is 20.4 Å². The Morgan fingerprint density at radius 1 is 1.19 bits per heavy atom. The Morgan fingerprint density at radius 2 is 1.89 bits per heavy atom. The van der Waals surface area contributed by atoms with Crippen LogP contribution in [0.15, 0.2) is 34.7 Å². The van der Waals surface area contributed by atoms with Gasteiger partial charge >= 0.3 is 18.1 Å². The van der Waals surface area contributed by atoms with Gasteiger partial charge < -0.3 is 14.6 Å². The molecular formula is C18H21F3N4O2. The summed E-state index contributed by atoms with van der Waals surface area (Å²) in [5, 5.41) is 9.46. The molecule has 1 aromatic heterocycles. The van der Waals surface area contributed by atoms with E-state index in [0.29, 0.717) is 32.5 Å². The predicted octanol–water partition coefficient (Wildman–Crippen LogP) is 3.61. The van der Waals surface area contributed by atoms with Crippen LogP contribution in [0.25, 0.3) is 0 Å². The van der Waals surface area contributed by atoms with Crippen LogP contribution >= 0.6 is 0 Å². The van der Waals surface area contributed by atoms with Crippen molar-refractivity contribution in [3.63, 3.8) is 0 Å². The van der Waals surface area contributed by atoms with E-state index in [2.05, 4.69) is 15.5 Å². The van der Waals surface area contributed by atoms with Crippen molar-refractivity contribution in [2.24, 2.45) is 0 Å². The van der Waals surface area contributed by atoms with Gasteiger partial charge in [0.2, 0.25) is 5.89 Å². The number of urea groups is 1. The fourth-order valence-electron chi connectivity index (χ4n) is 3.09. The first-order chi connectivity index (χ1) is 12.9. The molecule has 27 heavy (non-hydrogen) atoms. The molecule has 1 aliphatic heterocycles. The number of benzene rings is 1. The van der Waals surface area contributed by atoms with Crippen molar-refractivity contribution in [2.45, 2.75) is 37.8 Å². The number of hydrogen-bond donors (Lipinski definition) is 1. The molecule has 0 aliphatic carbocycles. The Bertz CT molecular complexity index is 741. The first-order valence-corrected chi connectivity index (χ1v) is 8.91. The Kier molecular flexibility index (Phi) is 5.98. The maximum atomic E-state index is 12.5. The van der Waals surface area contributed by atoms with E-state index in [0.717, 1.165) is 12.8 Å². The minimum absolute atomic E-state index is 0.00903. The third-order valence-corrected chi connectivity index (χ3v) is 4.58. The van der Waals surface area contributed by atoms with Crippen molar-refractivity contribution in [3.05, 3.63) is 47.7 Å². The van der Waals surface area contributed by atoms with Gasteiger partial charge in [0, 0.05) is 25.6 Å². The van der Waals surface area contributed by atoms with Gasteiger partial charge in [-0.05, 0) is 31.2 Å². The number of nitrogens with one attached hydrogen (secondary N) is 1. The number of alkyl halides is 3. The molecule has 2 aromatic rings. The molecule has 2 heterocycles. The second-order valence-electron chi connectivity index (χ2n) is 6.53. The van der Waals surface area contributed by atoms with Crippen molar-refractivity contribution in [3.8, 4) is 0 Å². The van der Waals surface area contributed by atoms with Gasteiger partial charge in [-0.15, -0.1) is 10.2 Å². The van der Waals surface area contributed by atoms with Crippen LogP contribution in [0.2, 0.25) is 0 Å². The number of rotatable bonds is 5. The number of aryl methyl sites for hydroxylation is 1. The van der Waals surface area contributed by atoms with E-state index in [9.17, 15) is 18.0 Å². The first kappa shape index (κ1) is 19.2. The van der Waals surface area contributed by atoms with E-state index in [1.807, 2.05) is 30.3 Å². The molecule has 0 atom stereocenters. The lowest BCUT2D eigenvalue weighted by atomic mass is 9.97. The summed E-state index contributed by atoms with van der Waals surface area (Å²) in [6, 6.07) is 9.89. The van der Waals surface area contributed by atoms with E-state index in [1.54, 1.807) is 4.90 Å². The molecule has 0 bridgehead atoms. The summed E-state index contributed by atoms with van der Waals surface area (Å²) >= 11 is 0. The van der Waals surface area contributed by atoms with E-state index in [-0.39, 0.29) is 17.8 Å². The van der Waals surface area contributed by atoms with Gasteiger partial charge in [0.05, 0.1) is 0 Å². The van der Waals surface area contributed by atoms with Gasteiger partial charge in [-0.3, -0.25) is 0 Å². The van der Waals surface area contributed by atoms with Crippen LogP contribution in [0.4, 0.5) is 18.0 Å². The molecular weight excluding hydrogens is 361 g/mol. The summed E-state index contributed by atoms with van der Waals surface area (Å²) < 4.78 is 42.3. The minimum Gasteiger partial charge on any atom is -0.417 e.